The van der Waals surface area contributed by atoms with Crippen LogP contribution in [0.1, 0.15) is 151 Å². The van der Waals surface area contributed by atoms with Gasteiger partial charge in [-0.05, 0) is 18.4 Å². The van der Waals surface area contributed by atoms with E-state index in [4.69, 9.17) is 0 Å². The maximum absolute atomic E-state index is 12.7. The van der Waals surface area contributed by atoms with Gasteiger partial charge in [0.1, 0.15) is 0 Å². The lowest BCUT2D eigenvalue weighted by molar-refractivity contribution is 0.0206. The van der Waals surface area contributed by atoms with Gasteiger partial charge < -0.3 is 5.11 Å². The average molecular weight is 493 g/mol. The van der Waals surface area contributed by atoms with Gasteiger partial charge in [-0.3, -0.25) is 4.79 Å². The van der Waals surface area contributed by atoms with Crippen molar-refractivity contribution in [3.63, 3.8) is 0 Å². The maximum atomic E-state index is 12.7. The number of benzene rings is 2. The third kappa shape index (κ3) is 11.4. The number of aliphatic hydroxyl groups is 1. The predicted molar refractivity (Wildman–Crippen MR) is 155 cm³/mol. The largest absolute Gasteiger partial charge is 0.385 e. The van der Waals surface area contributed by atoms with E-state index in [2.05, 4.69) is 13.8 Å². The standard InChI is InChI=1S/C34H52O2/c1-3-5-6-7-8-9-10-11-12-13-14-15-16-17-18-22-29-34(36,4-2)32-27-25-31(26-28-32)33(35)30-23-20-19-21-24-30/h19-21,23-28,36H,3-18,22,29H2,1-2H3. The Morgan fingerprint density at radius 2 is 1.00 bits per heavy atom. The summed E-state index contributed by atoms with van der Waals surface area (Å²) in [7, 11) is 0. The SMILES string of the molecule is CCCCCCCCCCCCCCCCCCC(O)(CC)c1ccc(C(=O)c2ccccc2)cc1. The van der Waals surface area contributed by atoms with Crippen LogP contribution in [-0.4, -0.2) is 10.9 Å². The maximum Gasteiger partial charge on any atom is 0.193 e. The van der Waals surface area contributed by atoms with Crippen LogP contribution in [-0.2, 0) is 5.60 Å². The molecule has 0 bridgehead atoms. The van der Waals surface area contributed by atoms with Crippen molar-refractivity contribution < 1.29 is 9.90 Å². The lowest BCUT2D eigenvalue weighted by atomic mass is 9.85. The van der Waals surface area contributed by atoms with Crippen LogP contribution in [0.5, 0.6) is 0 Å². The van der Waals surface area contributed by atoms with E-state index in [0.29, 0.717) is 17.5 Å². The first-order valence-corrected chi connectivity index (χ1v) is 15.0. The van der Waals surface area contributed by atoms with E-state index in [9.17, 15) is 9.90 Å². The molecule has 0 spiro atoms. The minimum atomic E-state index is -0.801. The minimum Gasteiger partial charge on any atom is -0.385 e. The topological polar surface area (TPSA) is 37.3 Å². The highest BCUT2D eigenvalue weighted by molar-refractivity contribution is 6.08. The van der Waals surface area contributed by atoms with Crippen LogP contribution in [0.3, 0.4) is 0 Å². The van der Waals surface area contributed by atoms with Gasteiger partial charge in [-0.25, -0.2) is 0 Å². The summed E-state index contributed by atoms with van der Waals surface area (Å²) in [4.78, 5) is 12.7. The van der Waals surface area contributed by atoms with Gasteiger partial charge in [0.15, 0.2) is 5.78 Å². The van der Waals surface area contributed by atoms with Crippen LogP contribution in [0.15, 0.2) is 54.6 Å². The molecule has 2 aromatic rings. The van der Waals surface area contributed by atoms with Crippen LogP contribution >= 0.6 is 0 Å². The molecule has 1 N–H and O–H groups in total. The zero-order valence-corrected chi connectivity index (χ0v) is 23.3. The average Bonchev–Trinajstić information content (AvgIpc) is 2.93. The van der Waals surface area contributed by atoms with Gasteiger partial charge in [0.2, 0.25) is 0 Å². The van der Waals surface area contributed by atoms with Crippen LogP contribution < -0.4 is 0 Å². The molecule has 0 saturated heterocycles. The van der Waals surface area contributed by atoms with Crippen molar-refractivity contribution in [2.75, 3.05) is 0 Å². The second-order valence-electron chi connectivity index (χ2n) is 10.7. The molecule has 2 heteroatoms. The Morgan fingerprint density at radius 1 is 0.583 bits per heavy atom. The highest BCUT2D eigenvalue weighted by atomic mass is 16.3. The summed E-state index contributed by atoms with van der Waals surface area (Å²) in [6, 6.07) is 17.0. The lowest BCUT2D eigenvalue weighted by Crippen LogP contribution is -2.24. The summed E-state index contributed by atoms with van der Waals surface area (Å²) in [6.45, 7) is 4.33. The molecule has 0 aliphatic rings. The highest BCUT2D eigenvalue weighted by Crippen LogP contribution is 2.31. The van der Waals surface area contributed by atoms with Gasteiger partial charge in [-0.15, -0.1) is 0 Å². The number of ketones is 1. The molecule has 0 heterocycles. The molecule has 0 aromatic heterocycles. The van der Waals surface area contributed by atoms with Crippen LogP contribution in [0.2, 0.25) is 0 Å². The fourth-order valence-corrected chi connectivity index (χ4v) is 5.18. The summed E-state index contributed by atoms with van der Waals surface area (Å²) in [6.07, 6.45) is 23.2. The molecule has 1 unspecified atom stereocenters. The molecule has 0 aliphatic heterocycles. The highest BCUT2D eigenvalue weighted by Gasteiger charge is 2.26. The Hall–Kier alpha value is -1.93. The predicted octanol–water partition coefficient (Wildman–Crippen LogP) is 10.2. The van der Waals surface area contributed by atoms with Crippen molar-refractivity contribution in [1.29, 1.82) is 0 Å². The molecular weight excluding hydrogens is 440 g/mol. The molecular formula is C34H52O2. The molecule has 2 nitrogen and oxygen atoms in total. The fraction of sp³-hybridized carbons (Fsp3) is 0.618. The molecule has 36 heavy (non-hydrogen) atoms. The summed E-state index contributed by atoms with van der Waals surface area (Å²) in [5, 5.41) is 11.3. The van der Waals surface area contributed by atoms with E-state index in [0.717, 1.165) is 18.4 Å². The van der Waals surface area contributed by atoms with Gasteiger partial charge in [-0.2, -0.15) is 0 Å². The third-order valence-corrected chi connectivity index (χ3v) is 7.75. The molecule has 0 fully saturated rings. The molecule has 200 valence electrons. The monoisotopic (exact) mass is 492 g/mol. The quantitative estimate of drug-likeness (QED) is 0.139. The number of carbonyl (C=O) groups is 1. The number of rotatable bonds is 21. The van der Waals surface area contributed by atoms with Crippen molar-refractivity contribution >= 4 is 5.78 Å². The fourth-order valence-electron chi connectivity index (χ4n) is 5.18. The number of unbranched alkanes of at least 4 members (excludes halogenated alkanes) is 15. The molecule has 0 saturated carbocycles. The van der Waals surface area contributed by atoms with Crippen molar-refractivity contribution in [3.8, 4) is 0 Å². The van der Waals surface area contributed by atoms with Gasteiger partial charge in [0.05, 0.1) is 5.60 Å². The zero-order chi connectivity index (χ0) is 25.9. The number of hydrogen-bond donors (Lipinski definition) is 1. The van der Waals surface area contributed by atoms with Gasteiger partial charge in [0.25, 0.3) is 0 Å². The molecule has 2 rings (SSSR count). The first kappa shape index (κ1) is 30.3. The number of carbonyl (C=O) groups excluding carboxylic acids is 1. The number of hydrogen-bond acceptors (Lipinski definition) is 2. The van der Waals surface area contributed by atoms with Crippen molar-refractivity contribution in [3.05, 3.63) is 71.3 Å². The zero-order valence-electron chi connectivity index (χ0n) is 23.3. The Bertz CT molecular complexity index is 811. The van der Waals surface area contributed by atoms with Crippen molar-refractivity contribution in [2.45, 2.75) is 135 Å². The van der Waals surface area contributed by atoms with E-state index in [-0.39, 0.29) is 5.78 Å². The molecule has 2 aromatic carbocycles. The molecule has 0 amide bonds. The Kier molecular flexibility index (Phi) is 15.4. The molecule has 0 radical (unpaired) electrons. The Morgan fingerprint density at radius 3 is 1.44 bits per heavy atom. The van der Waals surface area contributed by atoms with Gasteiger partial charge in [-0.1, -0.05) is 171 Å². The summed E-state index contributed by atoms with van der Waals surface area (Å²) >= 11 is 0. The first-order valence-electron chi connectivity index (χ1n) is 15.0. The lowest BCUT2D eigenvalue weighted by Gasteiger charge is -2.27. The summed E-state index contributed by atoms with van der Waals surface area (Å²) in [5.74, 6) is 0.0278. The van der Waals surface area contributed by atoms with E-state index in [1.165, 1.54) is 96.3 Å². The second-order valence-corrected chi connectivity index (χ2v) is 10.7. The van der Waals surface area contributed by atoms with Crippen LogP contribution in [0.4, 0.5) is 0 Å². The summed E-state index contributed by atoms with van der Waals surface area (Å²) < 4.78 is 0. The minimum absolute atomic E-state index is 0.0278. The third-order valence-electron chi connectivity index (χ3n) is 7.75. The van der Waals surface area contributed by atoms with Crippen LogP contribution in [0, 0.1) is 0 Å². The Balaban J connectivity index is 1.55. The van der Waals surface area contributed by atoms with Gasteiger partial charge >= 0.3 is 0 Å². The van der Waals surface area contributed by atoms with Crippen LogP contribution in [0.25, 0.3) is 0 Å². The van der Waals surface area contributed by atoms with E-state index >= 15 is 0 Å². The van der Waals surface area contributed by atoms with E-state index in [1.807, 2.05) is 54.6 Å². The molecule has 1 atom stereocenters. The van der Waals surface area contributed by atoms with Crippen molar-refractivity contribution in [2.24, 2.45) is 0 Å². The van der Waals surface area contributed by atoms with E-state index in [1.54, 1.807) is 0 Å². The van der Waals surface area contributed by atoms with Gasteiger partial charge in [0, 0.05) is 11.1 Å². The van der Waals surface area contributed by atoms with Crippen molar-refractivity contribution in [1.82, 2.24) is 0 Å². The smallest absolute Gasteiger partial charge is 0.193 e. The normalized spacial score (nSPS) is 13.0. The summed E-state index contributed by atoms with van der Waals surface area (Å²) in [5.41, 5.74) is 1.50. The second kappa shape index (κ2) is 18.3. The first-order chi connectivity index (χ1) is 17.6. The van der Waals surface area contributed by atoms with E-state index < -0.39 is 5.60 Å². The Labute approximate surface area is 221 Å². The molecule has 0 aliphatic carbocycles.